The molecule has 0 aromatic carbocycles. The summed E-state index contributed by atoms with van der Waals surface area (Å²) in [5, 5.41) is 3.56. The highest BCUT2D eigenvalue weighted by molar-refractivity contribution is 5.87. The number of alkyl halides is 3. The van der Waals surface area contributed by atoms with Crippen molar-refractivity contribution < 1.29 is 37.0 Å². The molecule has 0 atom stereocenters. The quantitative estimate of drug-likeness (QED) is 0.692. The Morgan fingerprint density at radius 2 is 1.62 bits per heavy atom. The third-order valence-corrected chi connectivity index (χ3v) is 4.03. The smallest absolute Gasteiger partial charge is 0.433 e. The number of aromatic nitrogens is 2. The van der Waals surface area contributed by atoms with Gasteiger partial charge in [-0.2, -0.15) is 18.3 Å². The number of carbonyl (C=O) groups is 3. The van der Waals surface area contributed by atoms with Crippen molar-refractivity contribution in [2.24, 2.45) is 0 Å². The summed E-state index contributed by atoms with van der Waals surface area (Å²) in [5.41, 5.74) is -2.42. The molecule has 0 radical (unpaired) electrons. The lowest BCUT2D eigenvalue weighted by molar-refractivity contribution is -0.146. The number of rotatable bonds is 3. The van der Waals surface area contributed by atoms with Gasteiger partial charge in [0, 0.05) is 32.2 Å². The first-order chi connectivity index (χ1) is 13.3. The molecule has 9 nitrogen and oxygen atoms in total. The summed E-state index contributed by atoms with van der Waals surface area (Å²) in [5.74, 6) is -1.65. The minimum Gasteiger partial charge on any atom is -0.464 e. The number of carbonyl (C=O) groups excluding carboxylic acids is 3. The second kappa shape index (κ2) is 8.29. The summed E-state index contributed by atoms with van der Waals surface area (Å²) >= 11 is 0. The molecule has 162 valence electrons. The zero-order valence-electron chi connectivity index (χ0n) is 16.6. The van der Waals surface area contributed by atoms with Gasteiger partial charge in [0.2, 0.25) is 5.91 Å². The van der Waals surface area contributed by atoms with E-state index >= 15 is 0 Å². The van der Waals surface area contributed by atoms with Crippen LogP contribution in [-0.2, 0) is 27.0 Å². The summed E-state index contributed by atoms with van der Waals surface area (Å²) in [7, 11) is 1.02. The normalized spacial score (nSPS) is 15.3. The molecule has 1 aromatic heterocycles. The average Bonchev–Trinajstić information content (AvgIpc) is 3.04. The van der Waals surface area contributed by atoms with Gasteiger partial charge in [-0.1, -0.05) is 0 Å². The summed E-state index contributed by atoms with van der Waals surface area (Å²) in [6.07, 6.45) is -5.31. The number of piperazine rings is 1. The Hall–Kier alpha value is -2.79. The number of methoxy groups -OCH3 is 1. The highest BCUT2D eigenvalue weighted by Crippen LogP contribution is 2.30. The highest BCUT2D eigenvalue weighted by Gasteiger charge is 2.38. The van der Waals surface area contributed by atoms with Gasteiger partial charge >= 0.3 is 18.2 Å². The molecule has 0 unspecified atom stereocenters. The van der Waals surface area contributed by atoms with Crippen molar-refractivity contribution in [2.75, 3.05) is 33.3 Å². The Balaban J connectivity index is 2.04. The number of hydrogen-bond acceptors (Lipinski definition) is 6. The van der Waals surface area contributed by atoms with Crippen LogP contribution in [-0.4, -0.2) is 76.4 Å². The molecule has 1 aliphatic heterocycles. The van der Waals surface area contributed by atoms with Crippen molar-refractivity contribution >= 4 is 18.0 Å². The van der Waals surface area contributed by atoms with Gasteiger partial charge in [0.05, 0.1) is 7.11 Å². The van der Waals surface area contributed by atoms with Crippen LogP contribution in [0.25, 0.3) is 0 Å². The van der Waals surface area contributed by atoms with E-state index in [4.69, 9.17) is 4.74 Å². The first kappa shape index (κ1) is 22.5. The lowest BCUT2D eigenvalue weighted by Gasteiger charge is -2.35. The molecule has 0 bridgehead atoms. The van der Waals surface area contributed by atoms with Gasteiger partial charge in [0.25, 0.3) is 0 Å². The molecule has 0 spiro atoms. The number of esters is 1. The first-order valence-corrected chi connectivity index (χ1v) is 8.81. The van der Waals surface area contributed by atoms with Crippen LogP contribution in [0, 0.1) is 0 Å². The molecule has 1 aliphatic rings. The van der Waals surface area contributed by atoms with Crippen molar-refractivity contribution in [2.45, 2.75) is 39.1 Å². The summed E-state index contributed by atoms with van der Waals surface area (Å²) in [6.45, 7) is 5.17. The van der Waals surface area contributed by atoms with E-state index in [1.54, 1.807) is 20.8 Å². The van der Waals surface area contributed by atoms with E-state index in [-0.39, 0.29) is 26.2 Å². The molecule has 12 heteroatoms. The minimum atomic E-state index is -4.80. The summed E-state index contributed by atoms with van der Waals surface area (Å²) < 4.78 is 49.7. The van der Waals surface area contributed by atoms with Crippen molar-refractivity contribution in [3.63, 3.8) is 0 Å². The van der Waals surface area contributed by atoms with Crippen LogP contribution >= 0.6 is 0 Å². The molecular formula is C17H23F3N4O5. The summed E-state index contributed by atoms with van der Waals surface area (Å²) in [6, 6.07) is 0.541. The average molecular weight is 420 g/mol. The zero-order valence-corrected chi connectivity index (χ0v) is 16.6. The van der Waals surface area contributed by atoms with Gasteiger partial charge in [-0.25, -0.2) is 9.59 Å². The maximum atomic E-state index is 13.2. The standard InChI is InChI=1S/C17H23F3N4O5/c1-16(2,3)29-15(27)23-7-5-22(6-8-23)13(25)10-24-12(17(18,19)20)9-11(21-24)14(26)28-4/h9H,5-8,10H2,1-4H3. The van der Waals surface area contributed by atoms with E-state index < -0.39 is 47.7 Å². The van der Waals surface area contributed by atoms with Crippen LogP contribution < -0.4 is 0 Å². The van der Waals surface area contributed by atoms with E-state index in [0.29, 0.717) is 10.7 Å². The lowest BCUT2D eigenvalue weighted by Crippen LogP contribution is -2.52. The second-order valence-corrected chi connectivity index (χ2v) is 7.41. The topological polar surface area (TPSA) is 94.0 Å². The van der Waals surface area contributed by atoms with Crippen LogP contribution in [0.5, 0.6) is 0 Å². The number of hydrogen-bond donors (Lipinski definition) is 0. The van der Waals surface area contributed by atoms with Crippen molar-refractivity contribution in [3.8, 4) is 0 Å². The third-order valence-electron chi connectivity index (χ3n) is 4.03. The second-order valence-electron chi connectivity index (χ2n) is 7.41. The van der Waals surface area contributed by atoms with E-state index in [1.807, 2.05) is 0 Å². The molecule has 2 heterocycles. The maximum absolute atomic E-state index is 13.2. The van der Waals surface area contributed by atoms with Crippen LogP contribution in [0.15, 0.2) is 6.07 Å². The SMILES string of the molecule is COC(=O)c1cc(C(F)(F)F)n(CC(=O)N2CCN(C(=O)OC(C)(C)C)CC2)n1. The Morgan fingerprint density at radius 3 is 2.10 bits per heavy atom. The maximum Gasteiger partial charge on any atom is 0.433 e. The molecule has 0 aliphatic carbocycles. The monoisotopic (exact) mass is 420 g/mol. The molecule has 1 fully saturated rings. The fourth-order valence-corrected chi connectivity index (χ4v) is 2.66. The Labute approximate surface area is 165 Å². The van der Waals surface area contributed by atoms with Gasteiger partial charge in [-0.15, -0.1) is 0 Å². The molecule has 1 aromatic rings. The molecule has 0 saturated carbocycles. The Morgan fingerprint density at radius 1 is 1.07 bits per heavy atom. The molecular weight excluding hydrogens is 397 g/mol. The van der Waals surface area contributed by atoms with E-state index in [9.17, 15) is 27.6 Å². The van der Waals surface area contributed by atoms with Crippen molar-refractivity contribution in [3.05, 3.63) is 17.5 Å². The molecule has 2 amide bonds. The zero-order chi connectivity index (χ0) is 22.0. The molecule has 0 N–H and O–H groups in total. The molecule has 1 saturated heterocycles. The highest BCUT2D eigenvalue weighted by atomic mass is 19.4. The van der Waals surface area contributed by atoms with Crippen LogP contribution in [0.3, 0.4) is 0 Å². The largest absolute Gasteiger partial charge is 0.464 e. The predicted molar refractivity (Wildman–Crippen MR) is 93.0 cm³/mol. The van der Waals surface area contributed by atoms with Gasteiger partial charge in [0.1, 0.15) is 17.8 Å². The van der Waals surface area contributed by atoms with Gasteiger partial charge < -0.3 is 19.3 Å². The van der Waals surface area contributed by atoms with Crippen LogP contribution in [0.2, 0.25) is 0 Å². The van der Waals surface area contributed by atoms with Gasteiger partial charge in [-0.05, 0) is 20.8 Å². The van der Waals surface area contributed by atoms with E-state index in [2.05, 4.69) is 9.84 Å². The van der Waals surface area contributed by atoms with Crippen LogP contribution in [0.1, 0.15) is 37.0 Å². The first-order valence-electron chi connectivity index (χ1n) is 8.81. The third kappa shape index (κ3) is 5.84. The minimum absolute atomic E-state index is 0.143. The van der Waals surface area contributed by atoms with Gasteiger partial charge in [-0.3, -0.25) is 9.48 Å². The number of ether oxygens (including phenoxy) is 2. The molecule has 2 rings (SSSR count). The fraction of sp³-hybridized carbons (Fsp3) is 0.647. The Kier molecular flexibility index (Phi) is 6.43. The molecule has 29 heavy (non-hydrogen) atoms. The van der Waals surface area contributed by atoms with E-state index in [0.717, 1.165) is 7.11 Å². The Bertz CT molecular complexity index is 777. The fourth-order valence-electron chi connectivity index (χ4n) is 2.66. The predicted octanol–water partition coefficient (Wildman–Crippen LogP) is 1.77. The van der Waals surface area contributed by atoms with Crippen molar-refractivity contribution in [1.29, 1.82) is 0 Å². The number of nitrogens with zero attached hydrogens (tertiary/aromatic N) is 4. The number of amides is 2. The lowest BCUT2D eigenvalue weighted by atomic mass is 10.2. The van der Waals surface area contributed by atoms with Crippen molar-refractivity contribution in [1.82, 2.24) is 19.6 Å². The van der Waals surface area contributed by atoms with E-state index in [1.165, 1.54) is 9.80 Å². The number of halogens is 3. The van der Waals surface area contributed by atoms with Crippen LogP contribution in [0.4, 0.5) is 18.0 Å². The van der Waals surface area contributed by atoms with Gasteiger partial charge in [0.15, 0.2) is 5.69 Å². The summed E-state index contributed by atoms with van der Waals surface area (Å²) in [4.78, 5) is 38.7.